The number of hydrogen-bond acceptors (Lipinski definition) is 6. The molecule has 0 saturated carbocycles. The second-order valence-electron chi connectivity index (χ2n) is 9.76. The number of sulfonamides is 1. The molecule has 2 aromatic carbocycles. The van der Waals surface area contributed by atoms with Crippen LogP contribution in [0, 0.1) is 23.6 Å². The Morgan fingerprint density at radius 1 is 1.19 bits per heavy atom. The minimum atomic E-state index is -3.90. The number of nitrogens with zero attached hydrogens (tertiary/aromatic N) is 3. The lowest BCUT2D eigenvalue weighted by molar-refractivity contribution is 0.0733. The standard InChI is InChI=1S/C27H36FN3O4S/c1-20-16-31(21(2)19-32)36(33,34)27-13-10-22(7-6-14-29(3)4)15-25(27)35-26(20)18-30(5)17-23-8-11-24(28)12-9-23/h8-13,15,20-21,26,32H,14,16-19H2,1-5H3/t20-,21+,26+/m1/s1. The molecule has 1 aliphatic heterocycles. The van der Waals surface area contributed by atoms with Gasteiger partial charge in [0.25, 0.3) is 0 Å². The number of ether oxygens (including phenoxy) is 1. The van der Waals surface area contributed by atoms with Crippen LogP contribution in [-0.4, -0.2) is 87.2 Å². The Morgan fingerprint density at radius 2 is 1.89 bits per heavy atom. The third-order valence-corrected chi connectivity index (χ3v) is 8.17. The van der Waals surface area contributed by atoms with E-state index in [0.717, 1.165) is 5.56 Å². The monoisotopic (exact) mass is 517 g/mol. The van der Waals surface area contributed by atoms with Crippen LogP contribution < -0.4 is 4.74 Å². The molecule has 0 spiro atoms. The van der Waals surface area contributed by atoms with Gasteiger partial charge in [-0.05, 0) is 64.0 Å². The molecule has 0 fully saturated rings. The van der Waals surface area contributed by atoms with Crippen molar-refractivity contribution in [2.45, 2.75) is 37.4 Å². The smallest absolute Gasteiger partial charge is 0.247 e. The first kappa shape index (κ1) is 28.1. The van der Waals surface area contributed by atoms with E-state index in [-0.39, 0.29) is 41.6 Å². The molecule has 0 aliphatic carbocycles. The van der Waals surface area contributed by atoms with Gasteiger partial charge in [-0.15, -0.1) is 0 Å². The number of aliphatic hydroxyl groups is 1. The van der Waals surface area contributed by atoms with Crippen molar-refractivity contribution in [2.75, 3.05) is 47.4 Å². The second-order valence-corrected chi connectivity index (χ2v) is 11.6. The molecular weight excluding hydrogens is 481 g/mol. The van der Waals surface area contributed by atoms with Crippen molar-refractivity contribution in [3.8, 4) is 17.6 Å². The van der Waals surface area contributed by atoms with E-state index in [1.807, 2.05) is 33.0 Å². The van der Waals surface area contributed by atoms with Crippen LogP contribution in [0.1, 0.15) is 25.0 Å². The SMILES string of the molecule is C[C@@H]1CN([C@@H](C)CO)S(=O)(=O)c2ccc(C#CCN(C)C)cc2O[C@H]1CN(C)Cc1ccc(F)cc1. The largest absolute Gasteiger partial charge is 0.487 e. The molecule has 0 aromatic heterocycles. The van der Waals surface area contributed by atoms with E-state index in [1.165, 1.54) is 22.5 Å². The molecule has 0 bridgehead atoms. The molecule has 196 valence electrons. The quantitative estimate of drug-likeness (QED) is 0.570. The molecule has 1 N–H and O–H groups in total. The van der Waals surface area contributed by atoms with E-state index >= 15 is 0 Å². The summed E-state index contributed by atoms with van der Waals surface area (Å²) in [6.07, 6.45) is -0.330. The van der Waals surface area contributed by atoms with E-state index in [9.17, 15) is 17.9 Å². The highest BCUT2D eigenvalue weighted by Crippen LogP contribution is 2.34. The molecule has 36 heavy (non-hydrogen) atoms. The number of aliphatic hydroxyl groups excluding tert-OH is 1. The van der Waals surface area contributed by atoms with Gasteiger partial charge in [-0.1, -0.05) is 30.9 Å². The average Bonchev–Trinajstić information content (AvgIpc) is 2.82. The normalized spacial score (nSPS) is 20.6. The molecule has 3 rings (SSSR count). The van der Waals surface area contributed by atoms with Crippen LogP contribution >= 0.6 is 0 Å². The molecule has 1 heterocycles. The van der Waals surface area contributed by atoms with Crippen molar-refractivity contribution in [1.29, 1.82) is 0 Å². The summed E-state index contributed by atoms with van der Waals surface area (Å²) in [5.41, 5.74) is 1.63. The Balaban J connectivity index is 1.95. The Bertz CT molecular complexity index is 1190. The molecule has 1 aliphatic rings. The summed E-state index contributed by atoms with van der Waals surface area (Å²) in [6.45, 7) is 5.26. The first-order valence-electron chi connectivity index (χ1n) is 12.0. The molecule has 9 heteroatoms. The van der Waals surface area contributed by atoms with Crippen LogP contribution in [0.25, 0.3) is 0 Å². The fourth-order valence-corrected chi connectivity index (χ4v) is 5.92. The lowest BCUT2D eigenvalue weighted by Crippen LogP contribution is -2.49. The highest BCUT2D eigenvalue weighted by atomic mass is 32.2. The molecule has 2 aromatic rings. The van der Waals surface area contributed by atoms with Gasteiger partial charge >= 0.3 is 0 Å². The number of likely N-dealkylation sites (N-methyl/N-ethyl adjacent to an activating group) is 1. The van der Waals surface area contributed by atoms with Crippen LogP contribution in [0.5, 0.6) is 5.75 Å². The van der Waals surface area contributed by atoms with E-state index < -0.39 is 16.1 Å². The maximum absolute atomic E-state index is 13.6. The van der Waals surface area contributed by atoms with Gasteiger partial charge in [-0.25, -0.2) is 12.8 Å². The van der Waals surface area contributed by atoms with Crippen molar-refractivity contribution in [3.05, 3.63) is 59.4 Å². The topological polar surface area (TPSA) is 73.3 Å². The van der Waals surface area contributed by atoms with E-state index in [1.54, 1.807) is 31.2 Å². The molecule has 7 nitrogen and oxygen atoms in total. The number of hydrogen-bond donors (Lipinski definition) is 1. The highest BCUT2D eigenvalue weighted by molar-refractivity contribution is 7.89. The summed E-state index contributed by atoms with van der Waals surface area (Å²) in [5.74, 6) is 5.96. The lowest BCUT2D eigenvalue weighted by Gasteiger charge is -2.37. The molecule has 0 radical (unpaired) electrons. The fourth-order valence-electron chi connectivity index (χ4n) is 4.09. The second kappa shape index (κ2) is 12.2. The van der Waals surface area contributed by atoms with Gasteiger partial charge in [0.05, 0.1) is 13.2 Å². The minimum Gasteiger partial charge on any atom is -0.487 e. The van der Waals surface area contributed by atoms with Gasteiger partial charge in [-0.2, -0.15) is 4.31 Å². The third kappa shape index (κ3) is 7.05. The summed E-state index contributed by atoms with van der Waals surface area (Å²) < 4.78 is 48.2. The predicted molar refractivity (Wildman–Crippen MR) is 139 cm³/mol. The Labute approximate surface area is 214 Å². The minimum absolute atomic E-state index is 0.0686. The first-order valence-corrected chi connectivity index (χ1v) is 13.4. The molecule has 0 amide bonds. The lowest BCUT2D eigenvalue weighted by atomic mass is 10.0. The summed E-state index contributed by atoms with van der Waals surface area (Å²) >= 11 is 0. The van der Waals surface area contributed by atoms with Crippen LogP contribution in [0.2, 0.25) is 0 Å². The zero-order valence-electron chi connectivity index (χ0n) is 21.6. The fraction of sp³-hybridized carbons (Fsp3) is 0.481. The number of benzene rings is 2. The Kier molecular flexibility index (Phi) is 9.50. The zero-order chi connectivity index (χ0) is 26.5. The van der Waals surface area contributed by atoms with Crippen LogP contribution in [-0.2, 0) is 16.6 Å². The molecule has 0 saturated heterocycles. The number of rotatable bonds is 7. The molecule has 0 unspecified atom stereocenters. The molecular formula is C27H36FN3O4S. The number of fused-ring (bicyclic) bond motifs is 1. The van der Waals surface area contributed by atoms with Crippen LogP contribution in [0.3, 0.4) is 0 Å². The maximum Gasteiger partial charge on any atom is 0.247 e. The zero-order valence-corrected chi connectivity index (χ0v) is 22.4. The predicted octanol–water partition coefficient (Wildman–Crippen LogP) is 2.64. The van der Waals surface area contributed by atoms with E-state index in [2.05, 4.69) is 16.7 Å². The van der Waals surface area contributed by atoms with E-state index in [4.69, 9.17) is 4.74 Å². The van der Waals surface area contributed by atoms with Gasteiger partial charge in [0.1, 0.15) is 22.6 Å². The Hall–Kier alpha value is -2.48. The van der Waals surface area contributed by atoms with Crippen molar-refractivity contribution in [2.24, 2.45) is 5.92 Å². The van der Waals surface area contributed by atoms with E-state index in [0.29, 0.717) is 25.2 Å². The van der Waals surface area contributed by atoms with Gasteiger partial charge in [0.15, 0.2) is 0 Å². The first-order chi connectivity index (χ1) is 17.0. The van der Waals surface area contributed by atoms with Crippen molar-refractivity contribution >= 4 is 10.0 Å². The summed E-state index contributed by atoms with van der Waals surface area (Å²) in [6, 6.07) is 10.7. The van der Waals surface area contributed by atoms with Crippen molar-refractivity contribution in [3.63, 3.8) is 0 Å². The van der Waals surface area contributed by atoms with Crippen LogP contribution in [0.4, 0.5) is 4.39 Å². The summed E-state index contributed by atoms with van der Waals surface area (Å²) in [7, 11) is 1.91. The van der Waals surface area contributed by atoms with Gasteiger partial charge in [-0.3, -0.25) is 9.80 Å². The van der Waals surface area contributed by atoms with Gasteiger partial charge in [0, 0.05) is 37.2 Å². The molecule has 3 atom stereocenters. The average molecular weight is 518 g/mol. The summed E-state index contributed by atoms with van der Waals surface area (Å²) in [4.78, 5) is 4.09. The van der Waals surface area contributed by atoms with Gasteiger partial charge in [0.2, 0.25) is 10.0 Å². The summed E-state index contributed by atoms with van der Waals surface area (Å²) in [5, 5.41) is 9.80. The Morgan fingerprint density at radius 3 is 2.53 bits per heavy atom. The highest BCUT2D eigenvalue weighted by Gasteiger charge is 2.38. The van der Waals surface area contributed by atoms with Crippen molar-refractivity contribution < 1.29 is 22.7 Å². The van der Waals surface area contributed by atoms with Crippen LogP contribution in [0.15, 0.2) is 47.4 Å². The number of halogens is 1. The van der Waals surface area contributed by atoms with Crippen molar-refractivity contribution in [1.82, 2.24) is 14.1 Å². The maximum atomic E-state index is 13.6. The third-order valence-electron chi connectivity index (χ3n) is 6.15. The van der Waals surface area contributed by atoms with Gasteiger partial charge < -0.3 is 9.84 Å².